The number of thiazole rings is 1. The number of hydrogen-bond donors (Lipinski definition) is 1. The van der Waals surface area contributed by atoms with Crippen molar-refractivity contribution < 1.29 is 19.0 Å². The molecule has 3 rings (SSSR count). The Morgan fingerprint density at radius 1 is 1.03 bits per heavy atom. The van der Waals surface area contributed by atoms with E-state index >= 15 is 0 Å². The molecule has 0 saturated carbocycles. The Morgan fingerprint density at radius 2 is 1.70 bits per heavy atom. The van der Waals surface area contributed by atoms with Crippen molar-refractivity contribution >= 4 is 23.3 Å². The number of methoxy groups -OCH3 is 1. The molecular formula is C23H24N2O4S. The third kappa shape index (κ3) is 6.93. The van der Waals surface area contributed by atoms with Gasteiger partial charge in [0.2, 0.25) is 5.91 Å². The first kappa shape index (κ1) is 21.4. The largest absolute Gasteiger partial charge is 0.497 e. The molecule has 0 spiro atoms. The molecule has 0 atom stereocenters. The van der Waals surface area contributed by atoms with Crippen molar-refractivity contribution in [1.82, 2.24) is 10.3 Å². The quantitative estimate of drug-likeness (QED) is 0.389. The zero-order valence-electron chi connectivity index (χ0n) is 17.0. The Kier molecular flexibility index (Phi) is 7.86. The highest BCUT2D eigenvalue weighted by Gasteiger charge is 2.01. The summed E-state index contributed by atoms with van der Waals surface area (Å²) in [7, 11) is 1.62. The molecule has 0 radical (unpaired) electrons. The van der Waals surface area contributed by atoms with Crippen molar-refractivity contribution in [3.8, 4) is 17.2 Å². The van der Waals surface area contributed by atoms with E-state index in [1.807, 2.05) is 60.8 Å². The number of aryl methyl sites for hydroxylation is 1. The van der Waals surface area contributed by atoms with Crippen LogP contribution in [0, 0.1) is 6.92 Å². The van der Waals surface area contributed by atoms with Gasteiger partial charge in [-0.25, -0.2) is 4.98 Å². The number of carbonyl (C=O) groups excluding carboxylic acids is 1. The minimum absolute atomic E-state index is 0.174. The summed E-state index contributed by atoms with van der Waals surface area (Å²) in [4.78, 5) is 16.3. The van der Waals surface area contributed by atoms with Gasteiger partial charge in [0.15, 0.2) is 0 Å². The number of carbonyl (C=O) groups is 1. The van der Waals surface area contributed by atoms with Crippen LogP contribution in [0.15, 0.2) is 60.0 Å². The molecule has 0 bridgehead atoms. The van der Waals surface area contributed by atoms with Crippen molar-refractivity contribution in [3.05, 3.63) is 76.3 Å². The van der Waals surface area contributed by atoms with Gasteiger partial charge in [0, 0.05) is 11.5 Å². The van der Waals surface area contributed by atoms with Crippen LogP contribution in [0.25, 0.3) is 6.08 Å². The third-order valence-corrected chi connectivity index (χ3v) is 4.91. The SMILES string of the molecule is COc1ccc(OCCNC(=O)/C=C/c2ccc(OCc3csc(C)n3)cc2)cc1. The lowest BCUT2D eigenvalue weighted by molar-refractivity contribution is -0.116. The maximum Gasteiger partial charge on any atom is 0.244 e. The second-order valence-corrected chi connectivity index (χ2v) is 7.43. The maximum absolute atomic E-state index is 11.9. The molecule has 2 aromatic carbocycles. The second-order valence-electron chi connectivity index (χ2n) is 6.36. The summed E-state index contributed by atoms with van der Waals surface area (Å²) in [6.07, 6.45) is 3.26. The predicted octanol–water partition coefficient (Wildman–Crippen LogP) is 4.25. The second kappa shape index (κ2) is 11.0. The van der Waals surface area contributed by atoms with Gasteiger partial charge in [-0.2, -0.15) is 0 Å². The third-order valence-electron chi connectivity index (χ3n) is 4.09. The van der Waals surface area contributed by atoms with E-state index < -0.39 is 0 Å². The summed E-state index contributed by atoms with van der Waals surface area (Å²) in [5.74, 6) is 2.09. The summed E-state index contributed by atoms with van der Waals surface area (Å²) in [5.41, 5.74) is 1.84. The Bertz CT molecular complexity index is 966. The number of nitrogens with zero attached hydrogens (tertiary/aromatic N) is 1. The van der Waals surface area contributed by atoms with Crippen LogP contribution in [0.3, 0.4) is 0 Å². The average molecular weight is 425 g/mol. The minimum atomic E-state index is -0.174. The van der Waals surface area contributed by atoms with Crippen molar-refractivity contribution in [2.75, 3.05) is 20.3 Å². The highest BCUT2D eigenvalue weighted by Crippen LogP contribution is 2.17. The first-order valence-corrected chi connectivity index (χ1v) is 10.4. The smallest absolute Gasteiger partial charge is 0.244 e. The topological polar surface area (TPSA) is 69.7 Å². The molecule has 3 aromatic rings. The number of rotatable bonds is 10. The van der Waals surface area contributed by atoms with E-state index in [2.05, 4.69) is 10.3 Å². The fraction of sp³-hybridized carbons (Fsp3) is 0.217. The lowest BCUT2D eigenvalue weighted by atomic mass is 10.2. The zero-order chi connectivity index (χ0) is 21.2. The molecule has 7 heteroatoms. The summed E-state index contributed by atoms with van der Waals surface area (Å²) >= 11 is 1.61. The van der Waals surface area contributed by atoms with E-state index in [9.17, 15) is 4.79 Å². The first-order chi connectivity index (χ1) is 14.6. The maximum atomic E-state index is 11.9. The molecule has 156 valence electrons. The van der Waals surface area contributed by atoms with Crippen LogP contribution >= 0.6 is 11.3 Å². The molecule has 0 saturated heterocycles. The van der Waals surface area contributed by atoms with Gasteiger partial charge in [-0.05, 0) is 55.0 Å². The Hall–Kier alpha value is -3.32. The number of hydrogen-bond acceptors (Lipinski definition) is 6. The van der Waals surface area contributed by atoms with Gasteiger partial charge in [-0.15, -0.1) is 11.3 Å². The van der Waals surface area contributed by atoms with Gasteiger partial charge >= 0.3 is 0 Å². The summed E-state index contributed by atoms with van der Waals surface area (Å²) in [6.45, 7) is 3.22. The van der Waals surface area contributed by atoms with E-state index in [0.29, 0.717) is 19.8 Å². The molecule has 0 unspecified atom stereocenters. The Labute approximate surface area is 180 Å². The lowest BCUT2D eigenvalue weighted by Crippen LogP contribution is -2.26. The number of nitrogens with one attached hydrogen (secondary N) is 1. The van der Waals surface area contributed by atoms with Gasteiger partial charge < -0.3 is 19.5 Å². The molecule has 0 aliphatic heterocycles. The van der Waals surface area contributed by atoms with E-state index in [4.69, 9.17) is 14.2 Å². The fourth-order valence-electron chi connectivity index (χ4n) is 2.55. The van der Waals surface area contributed by atoms with E-state index in [-0.39, 0.29) is 5.91 Å². The van der Waals surface area contributed by atoms with Gasteiger partial charge in [0.25, 0.3) is 0 Å². The first-order valence-electron chi connectivity index (χ1n) is 9.49. The zero-order valence-corrected chi connectivity index (χ0v) is 17.8. The fourth-order valence-corrected chi connectivity index (χ4v) is 3.15. The van der Waals surface area contributed by atoms with E-state index in [1.54, 1.807) is 24.5 Å². The molecule has 0 aliphatic carbocycles. The Morgan fingerprint density at radius 3 is 2.37 bits per heavy atom. The van der Waals surface area contributed by atoms with Gasteiger partial charge in [0.05, 0.1) is 24.4 Å². The van der Waals surface area contributed by atoms with Crippen LogP contribution in [0.1, 0.15) is 16.3 Å². The molecule has 1 N–H and O–H groups in total. The van der Waals surface area contributed by atoms with E-state index in [1.165, 1.54) is 6.08 Å². The monoisotopic (exact) mass is 424 g/mol. The van der Waals surface area contributed by atoms with Crippen molar-refractivity contribution in [1.29, 1.82) is 0 Å². The van der Waals surface area contributed by atoms with Crippen LogP contribution < -0.4 is 19.5 Å². The van der Waals surface area contributed by atoms with Crippen LogP contribution in [0.5, 0.6) is 17.2 Å². The molecular weight excluding hydrogens is 400 g/mol. The standard InChI is InChI=1S/C23H24N2O4S/c1-17-25-19(16-30-17)15-29-22-6-3-18(4-7-22)5-12-23(26)24-13-14-28-21-10-8-20(27-2)9-11-21/h3-12,16H,13-15H2,1-2H3,(H,24,26)/b12-5+. The number of benzene rings is 2. The Balaban J connectivity index is 1.36. The normalized spacial score (nSPS) is 10.7. The lowest BCUT2D eigenvalue weighted by Gasteiger charge is -2.07. The predicted molar refractivity (Wildman–Crippen MR) is 118 cm³/mol. The van der Waals surface area contributed by atoms with E-state index in [0.717, 1.165) is 33.5 Å². The van der Waals surface area contributed by atoms with Crippen molar-refractivity contribution in [2.45, 2.75) is 13.5 Å². The van der Waals surface area contributed by atoms with Crippen LogP contribution in [0.2, 0.25) is 0 Å². The number of aromatic nitrogens is 1. The molecule has 1 amide bonds. The van der Waals surface area contributed by atoms with Crippen LogP contribution in [0.4, 0.5) is 0 Å². The van der Waals surface area contributed by atoms with Crippen LogP contribution in [-0.4, -0.2) is 31.2 Å². The summed E-state index contributed by atoms with van der Waals surface area (Å²) in [5, 5.41) is 5.81. The highest BCUT2D eigenvalue weighted by atomic mass is 32.1. The number of ether oxygens (including phenoxy) is 3. The van der Waals surface area contributed by atoms with Crippen molar-refractivity contribution in [2.24, 2.45) is 0 Å². The highest BCUT2D eigenvalue weighted by molar-refractivity contribution is 7.09. The van der Waals surface area contributed by atoms with Crippen LogP contribution in [-0.2, 0) is 11.4 Å². The van der Waals surface area contributed by atoms with Gasteiger partial charge in [-0.3, -0.25) is 4.79 Å². The molecule has 1 aromatic heterocycles. The van der Waals surface area contributed by atoms with Crippen molar-refractivity contribution in [3.63, 3.8) is 0 Å². The minimum Gasteiger partial charge on any atom is -0.497 e. The molecule has 30 heavy (non-hydrogen) atoms. The van der Waals surface area contributed by atoms with Gasteiger partial charge in [-0.1, -0.05) is 12.1 Å². The molecule has 0 aliphatic rings. The number of amides is 1. The molecule has 6 nitrogen and oxygen atoms in total. The summed E-state index contributed by atoms with van der Waals surface area (Å²) in [6, 6.07) is 14.9. The van der Waals surface area contributed by atoms with Gasteiger partial charge in [0.1, 0.15) is 30.5 Å². The molecule has 1 heterocycles. The molecule has 0 fully saturated rings. The average Bonchev–Trinajstić information content (AvgIpc) is 3.20. The summed E-state index contributed by atoms with van der Waals surface area (Å²) < 4.78 is 16.4.